The van der Waals surface area contributed by atoms with Gasteiger partial charge in [0, 0.05) is 17.7 Å². The fourth-order valence-corrected chi connectivity index (χ4v) is 1.86. The summed E-state index contributed by atoms with van der Waals surface area (Å²) in [5, 5.41) is 6.74. The van der Waals surface area contributed by atoms with E-state index in [1.165, 1.54) is 12.1 Å². The number of carbonyl (C=O) groups excluding carboxylic acids is 1. The Labute approximate surface area is 112 Å². The first kappa shape index (κ1) is 12.8. The second-order valence-electron chi connectivity index (χ2n) is 3.79. The Morgan fingerprint density at radius 3 is 2.94 bits per heavy atom. The van der Waals surface area contributed by atoms with Crippen LogP contribution in [0.1, 0.15) is 16.1 Å². The van der Waals surface area contributed by atoms with Gasteiger partial charge in [-0.25, -0.2) is 4.39 Å². The topological polar surface area (TPSA) is 46.9 Å². The molecular formula is C12H11BrFN3O. The van der Waals surface area contributed by atoms with E-state index in [2.05, 4.69) is 26.3 Å². The predicted molar refractivity (Wildman–Crippen MR) is 68.5 cm³/mol. The van der Waals surface area contributed by atoms with E-state index in [9.17, 15) is 9.18 Å². The van der Waals surface area contributed by atoms with E-state index < -0.39 is 11.7 Å². The largest absolute Gasteiger partial charge is 0.346 e. The Balaban J connectivity index is 2.05. The minimum atomic E-state index is -0.545. The van der Waals surface area contributed by atoms with Crippen LogP contribution in [0.2, 0.25) is 0 Å². The fourth-order valence-electron chi connectivity index (χ4n) is 1.50. The maximum Gasteiger partial charge on any atom is 0.254 e. The number of hydrogen-bond donors (Lipinski definition) is 1. The van der Waals surface area contributed by atoms with Gasteiger partial charge < -0.3 is 5.32 Å². The number of nitrogens with one attached hydrogen (secondary N) is 1. The normalized spacial score (nSPS) is 10.4. The van der Waals surface area contributed by atoms with Gasteiger partial charge in [-0.15, -0.1) is 0 Å². The first-order valence-electron chi connectivity index (χ1n) is 5.28. The van der Waals surface area contributed by atoms with Crippen molar-refractivity contribution in [3.05, 3.63) is 52.0 Å². The van der Waals surface area contributed by atoms with Crippen molar-refractivity contribution in [3.63, 3.8) is 0 Å². The lowest BCUT2D eigenvalue weighted by Crippen LogP contribution is -2.24. The minimum Gasteiger partial charge on any atom is -0.346 e. The molecule has 1 amide bonds. The summed E-state index contributed by atoms with van der Waals surface area (Å²) in [6.07, 6.45) is 1.78. The van der Waals surface area contributed by atoms with E-state index in [4.69, 9.17) is 0 Å². The number of halogens is 2. The Kier molecular flexibility index (Phi) is 3.76. The molecule has 0 bridgehead atoms. The molecule has 1 aromatic carbocycles. The molecular weight excluding hydrogens is 301 g/mol. The highest BCUT2D eigenvalue weighted by Gasteiger charge is 2.12. The summed E-state index contributed by atoms with van der Waals surface area (Å²) in [7, 11) is 1.79. The number of aromatic nitrogens is 2. The summed E-state index contributed by atoms with van der Waals surface area (Å²) < 4.78 is 15.7. The number of nitrogens with zero attached hydrogens (tertiary/aromatic N) is 2. The van der Waals surface area contributed by atoms with Gasteiger partial charge >= 0.3 is 0 Å². The van der Waals surface area contributed by atoms with E-state index in [1.807, 2.05) is 0 Å². The first-order chi connectivity index (χ1) is 8.56. The van der Waals surface area contributed by atoms with E-state index in [-0.39, 0.29) is 12.1 Å². The number of aryl methyl sites for hydroxylation is 1. The number of amides is 1. The van der Waals surface area contributed by atoms with Gasteiger partial charge in [0.25, 0.3) is 5.91 Å². The molecule has 2 aromatic rings. The smallest absolute Gasteiger partial charge is 0.254 e. The SMILES string of the molecule is Cn1ccc(CNC(=O)c2cc(Br)ccc2F)n1. The number of benzene rings is 1. The van der Waals surface area contributed by atoms with Crippen LogP contribution in [0.3, 0.4) is 0 Å². The monoisotopic (exact) mass is 311 g/mol. The van der Waals surface area contributed by atoms with Crippen molar-refractivity contribution in [2.75, 3.05) is 0 Å². The van der Waals surface area contributed by atoms with Crippen LogP contribution in [0.4, 0.5) is 4.39 Å². The van der Waals surface area contributed by atoms with E-state index >= 15 is 0 Å². The average molecular weight is 312 g/mol. The molecule has 0 unspecified atom stereocenters. The van der Waals surface area contributed by atoms with Gasteiger partial charge in [-0.3, -0.25) is 9.48 Å². The molecule has 0 saturated carbocycles. The van der Waals surface area contributed by atoms with E-state index in [1.54, 1.807) is 30.1 Å². The molecule has 2 rings (SSSR count). The first-order valence-corrected chi connectivity index (χ1v) is 6.07. The highest BCUT2D eigenvalue weighted by molar-refractivity contribution is 9.10. The van der Waals surface area contributed by atoms with Gasteiger partial charge in [-0.1, -0.05) is 15.9 Å². The third-order valence-corrected chi connectivity index (χ3v) is 2.87. The van der Waals surface area contributed by atoms with E-state index in [0.29, 0.717) is 4.47 Å². The van der Waals surface area contributed by atoms with E-state index in [0.717, 1.165) is 5.69 Å². The Bertz CT molecular complexity index is 582. The average Bonchev–Trinajstić information content (AvgIpc) is 2.75. The molecule has 0 fully saturated rings. The lowest BCUT2D eigenvalue weighted by Gasteiger charge is -2.05. The molecule has 1 N–H and O–H groups in total. The van der Waals surface area contributed by atoms with Crippen LogP contribution in [0, 0.1) is 5.82 Å². The summed E-state index contributed by atoms with van der Waals surface area (Å²) in [5.41, 5.74) is 0.738. The summed E-state index contributed by atoms with van der Waals surface area (Å²) >= 11 is 3.20. The summed E-state index contributed by atoms with van der Waals surface area (Å²) in [6.45, 7) is 0.269. The standard InChI is InChI=1S/C12H11BrFN3O/c1-17-5-4-9(16-17)7-15-12(18)10-6-8(13)2-3-11(10)14/h2-6H,7H2,1H3,(H,15,18). The molecule has 6 heteroatoms. The van der Waals surface area contributed by atoms with Gasteiger partial charge in [0.15, 0.2) is 0 Å². The number of hydrogen-bond acceptors (Lipinski definition) is 2. The lowest BCUT2D eigenvalue weighted by molar-refractivity contribution is 0.0946. The molecule has 0 saturated heterocycles. The molecule has 18 heavy (non-hydrogen) atoms. The number of carbonyl (C=O) groups is 1. The van der Waals surface area contributed by atoms with Gasteiger partial charge in [0.2, 0.25) is 0 Å². The van der Waals surface area contributed by atoms with Crippen molar-refractivity contribution in [3.8, 4) is 0 Å². The van der Waals surface area contributed by atoms with Crippen LogP contribution in [-0.2, 0) is 13.6 Å². The zero-order chi connectivity index (χ0) is 13.1. The Morgan fingerprint density at radius 1 is 1.50 bits per heavy atom. The molecule has 0 spiro atoms. The van der Waals surface area contributed by atoms with Crippen molar-refractivity contribution >= 4 is 21.8 Å². The second kappa shape index (κ2) is 5.30. The van der Waals surface area contributed by atoms with Crippen LogP contribution in [0.25, 0.3) is 0 Å². The third-order valence-electron chi connectivity index (χ3n) is 2.37. The van der Waals surface area contributed by atoms with Crippen LogP contribution in [0.5, 0.6) is 0 Å². The fraction of sp³-hybridized carbons (Fsp3) is 0.167. The van der Waals surface area contributed by atoms with Crippen LogP contribution in [-0.4, -0.2) is 15.7 Å². The van der Waals surface area contributed by atoms with Crippen molar-refractivity contribution in [2.24, 2.45) is 7.05 Å². The molecule has 0 aliphatic heterocycles. The van der Waals surface area contributed by atoms with Gasteiger partial charge in [-0.05, 0) is 24.3 Å². The minimum absolute atomic E-state index is 0.0142. The lowest BCUT2D eigenvalue weighted by atomic mass is 10.2. The molecule has 0 aliphatic carbocycles. The molecule has 0 radical (unpaired) electrons. The molecule has 1 heterocycles. The molecule has 4 nitrogen and oxygen atoms in total. The van der Waals surface area contributed by atoms with Gasteiger partial charge in [0.05, 0.1) is 17.8 Å². The quantitative estimate of drug-likeness (QED) is 0.945. The maximum atomic E-state index is 13.4. The predicted octanol–water partition coefficient (Wildman–Crippen LogP) is 2.25. The zero-order valence-corrected chi connectivity index (χ0v) is 11.2. The van der Waals surface area contributed by atoms with Crippen LogP contribution >= 0.6 is 15.9 Å². The molecule has 0 aliphatic rings. The maximum absolute atomic E-state index is 13.4. The third kappa shape index (κ3) is 2.95. The molecule has 94 valence electrons. The highest BCUT2D eigenvalue weighted by atomic mass is 79.9. The van der Waals surface area contributed by atoms with Crippen molar-refractivity contribution in [2.45, 2.75) is 6.54 Å². The Morgan fingerprint density at radius 2 is 2.28 bits per heavy atom. The molecule has 0 atom stereocenters. The molecule has 1 aromatic heterocycles. The Hall–Kier alpha value is -1.69. The van der Waals surface area contributed by atoms with Crippen molar-refractivity contribution in [1.29, 1.82) is 0 Å². The zero-order valence-electron chi connectivity index (χ0n) is 9.65. The summed E-state index contributed by atoms with van der Waals surface area (Å²) in [6, 6.07) is 6.03. The summed E-state index contributed by atoms with van der Waals surface area (Å²) in [4.78, 5) is 11.8. The second-order valence-corrected chi connectivity index (χ2v) is 4.70. The summed E-state index contributed by atoms with van der Waals surface area (Å²) in [5.74, 6) is -1.00. The van der Waals surface area contributed by atoms with Crippen LogP contribution in [0.15, 0.2) is 34.9 Å². The van der Waals surface area contributed by atoms with Gasteiger partial charge in [0.1, 0.15) is 5.82 Å². The highest BCUT2D eigenvalue weighted by Crippen LogP contribution is 2.15. The van der Waals surface area contributed by atoms with Crippen molar-refractivity contribution in [1.82, 2.24) is 15.1 Å². The van der Waals surface area contributed by atoms with Crippen LogP contribution < -0.4 is 5.32 Å². The van der Waals surface area contributed by atoms with Crippen molar-refractivity contribution < 1.29 is 9.18 Å². The van der Waals surface area contributed by atoms with Gasteiger partial charge in [-0.2, -0.15) is 5.10 Å². The number of rotatable bonds is 3.